The summed E-state index contributed by atoms with van der Waals surface area (Å²) in [6.07, 6.45) is 0.438. The smallest absolute Gasteiger partial charge is 0.233 e. The van der Waals surface area contributed by atoms with Crippen LogP contribution < -0.4 is 10.6 Å². The first-order chi connectivity index (χ1) is 13.1. The molecule has 0 spiro atoms. The molecule has 2 aromatic rings. The molecule has 1 amide bonds. The Bertz CT molecular complexity index is 834. The third-order valence-corrected chi connectivity index (χ3v) is 4.61. The third kappa shape index (κ3) is 5.36. The SMILES string of the molecule is COc1ccc(-c2nnc(SCC(=O)N(CCC#N)CCC#N)n2N)cc1. The first-order valence-corrected chi connectivity index (χ1v) is 9.08. The molecule has 9 nitrogen and oxygen atoms in total. The number of amides is 1. The zero-order valence-electron chi connectivity index (χ0n) is 14.8. The van der Waals surface area contributed by atoms with Crippen molar-refractivity contribution in [3.05, 3.63) is 24.3 Å². The second-order valence-corrected chi connectivity index (χ2v) is 6.33. The molecule has 0 radical (unpaired) electrons. The van der Waals surface area contributed by atoms with E-state index in [0.29, 0.717) is 24.1 Å². The Morgan fingerprint density at radius 3 is 2.41 bits per heavy atom. The van der Waals surface area contributed by atoms with Crippen molar-refractivity contribution in [2.75, 3.05) is 31.8 Å². The van der Waals surface area contributed by atoms with Gasteiger partial charge in [0.05, 0.1) is 37.8 Å². The van der Waals surface area contributed by atoms with Gasteiger partial charge in [0.2, 0.25) is 11.1 Å². The zero-order chi connectivity index (χ0) is 19.6. The van der Waals surface area contributed by atoms with Gasteiger partial charge in [-0.05, 0) is 24.3 Å². The van der Waals surface area contributed by atoms with E-state index in [-0.39, 0.29) is 24.5 Å². The van der Waals surface area contributed by atoms with Crippen LogP contribution in [0.5, 0.6) is 5.75 Å². The molecule has 27 heavy (non-hydrogen) atoms. The van der Waals surface area contributed by atoms with Crippen molar-refractivity contribution >= 4 is 17.7 Å². The largest absolute Gasteiger partial charge is 0.497 e. The predicted octanol–water partition coefficient (Wildman–Crippen LogP) is 1.42. The van der Waals surface area contributed by atoms with Crippen LogP contribution >= 0.6 is 11.8 Å². The maximum Gasteiger partial charge on any atom is 0.233 e. The number of carbonyl (C=O) groups is 1. The summed E-state index contributed by atoms with van der Waals surface area (Å²) in [5.41, 5.74) is 0.772. The van der Waals surface area contributed by atoms with Crippen LogP contribution in [0.15, 0.2) is 29.4 Å². The first kappa shape index (κ1) is 20.1. The lowest BCUT2D eigenvalue weighted by Gasteiger charge is -2.19. The number of thioether (sulfide) groups is 1. The molecule has 0 aliphatic rings. The molecule has 0 fully saturated rings. The van der Waals surface area contributed by atoms with E-state index in [1.807, 2.05) is 24.3 Å². The summed E-state index contributed by atoms with van der Waals surface area (Å²) < 4.78 is 6.45. The molecular weight excluding hydrogens is 366 g/mol. The van der Waals surface area contributed by atoms with Crippen LogP contribution in [0.1, 0.15) is 12.8 Å². The molecule has 0 atom stereocenters. The summed E-state index contributed by atoms with van der Waals surface area (Å²) in [5, 5.41) is 25.9. The summed E-state index contributed by atoms with van der Waals surface area (Å²) in [6, 6.07) is 11.2. The average Bonchev–Trinajstić information content (AvgIpc) is 3.06. The summed E-state index contributed by atoms with van der Waals surface area (Å²) in [6.45, 7) is 0.591. The van der Waals surface area contributed by atoms with Crippen molar-refractivity contribution in [3.63, 3.8) is 0 Å². The Hall–Kier alpha value is -3.24. The van der Waals surface area contributed by atoms with Gasteiger partial charge >= 0.3 is 0 Å². The van der Waals surface area contributed by atoms with Crippen LogP contribution in [0.2, 0.25) is 0 Å². The fourth-order valence-corrected chi connectivity index (χ4v) is 3.02. The van der Waals surface area contributed by atoms with E-state index < -0.39 is 0 Å². The number of benzene rings is 1. The highest BCUT2D eigenvalue weighted by molar-refractivity contribution is 7.99. The van der Waals surface area contributed by atoms with Gasteiger partial charge < -0.3 is 15.5 Å². The lowest BCUT2D eigenvalue weighted by atomic mass is 10.2. The minimum atomic E-state index is -0.181. The van der Waals surface area contributed by atoms with Crippen molar-refractivity contribution in [2.45, 2.75) is 18.0 Å². The van der Waals surface area contributed by atoms with Gasteiger partial charge in [0, 0.05) is 18.7 Å². The maximum atomic E-state index is 12.4. The number of nitrogens with two attached hydrogens (primary N) is 1. The number of aromatic nitrogens is 3. The van der Waals surface area contributed by atoms with E-state index in [0.717, 1.165) is 23.1 Å². The molecule has 2 N–H and O–H groups in total. The van der Waals surface area contributed by atoms with Gasteiger partial charge in [-0.25, -0.2) is 4.68 Å². The predicted molar refractivity (Wildman–Crippen MR) is 99.9 cm³/mol. The topological polar surface area (TPSA) is 134 Å². The van der Waals surface area contributed by atoms with E-state index in [1.165, 1.54) is 9.58 Å². The number of rotatable bonds is 9. The van der Waals surface area contributed by atoms with Gasteiger partial charge in [0.1, 0.15) is 5.75 Å². The minimum Gasteiger partial charge on any atom is -0.497 e. The summed E-state index contributed by atoms with van der Waals surface area (Å²) in [7, 11) is 1.59. The Balaban J connectivity index is 2.03. The number of nitrogens with zero attached hydrogens (tertiary/aromatic N) is 6. The summed E-state index contributed by atoms with van der Waals surface area (Å²) >= 11 is 1.16. The highest BCUT2D eigenvalue weighted by Gasteiger charge is 2.17. The Morgan fingerprint density at radius 1 is 1.22 bits per heavy atom. The molecule has 0 unspecified atom stereocenters. The number of nitrogen functional groups attached to an aromatic ring is 1. The van der Waals surface area contributed by atoms with E-state index >= 15 is 0 Å². The molecule has 0 bridgehead atoms. The van der Waals surface area contributed by atoms with Gasteiger partial charge in [-0.15, -0.1) is 10.2 Å². The zero-order valence-corrected chi connectivity index (χ0v) is 15.6. The van der Waals surface area contributed by atoms with Gasteiger partial charge in [0.15, 0.2) is 5.82 Å². The Morgan fingerprint density at radius 2 is 1.85 bits per heavy atom. The molecule has 140 valence electrons. The summed E-state index contributed by atoms with van der Waals surface area (Å²) in [4.78, 5) is 13.9. The number of nitriles is 2. The van der Waals surface area contributed by atoms with Crippen LogP contribution in [0.25, 0.3) is 11.4 Å². The molecule has 2 rings (SSSR count). The minimum absolute atomic E-state index is 0.0921. The molecule has 0 saturated heterocycles. The number of methoxy groups -OCH3 is 1. The van der Waals surface area contributed by atoms with E-state index in [2.05, 4.69) is 10.2 Å². The lowest BCUT2D eigenvalue weighted by molar-refractivity contribution is -0.128. The highest BCUT2D eigenvalue weighted by atomic mass is 32.2. The van der Waals surface area contributed by atoms with Crippen molar-refractivity contribution < 1.29 is 9.53 Å². The quantitative estimate of drug-likeness (QED) is 0.506. The van der Waals surface area contributed by atoms with Crippen molar-refractivity contribution in [2.24, 2.45) is 0 Å². The molecule has 1 heterocycles. The van der Waals surface area contributed by atoms with Gasteiger partial charge in [-0.2, -0.15) is 10.5 Å². The standard InChI is InChI=1S/C17H19N7O2S/c1-26-14-6-4-13(5-7-14)16-21-22-17(24(16)20)27-12-15(25)23(10-2-8-18)11-3-9-19/h4-7H,2-3,10-12,20H2,1H3. The normalized spacial score (nSPS) is 10.0. The summed E-state index contributed by atoms with van der Waals surface area (Å²) in [5.74, 6) is 7.16. The van der Waals surface area contributed by atoms with E-state index in [1.54, 1.807) is 19.2 Å². The number of ether oxygens (including phenoxy) is 1. The molecule has 0 aliphatic carbocycles. The van der Waals surface area contributed by atoms with Gasteiger partial charge in [-0.3, -0.25) is 4.79 Å². The fraction of sp³-hybridized carbons (Fsp3) is 0.353. The van der Waals surface area contributed by atoms with Crippen molar-refractivity contribution in [1.29, 1.82) is 10.5 Å². The number of carbonyl (C=O) groups excluding carboxylic acids is 1. The van der Waals surface area contributed by atoms with E-state index in [9.17, 15) is 4.79 Å². The third-order valence-electron chi connectivity index (χ3n) is 3.68. The molecule has 0 saturated carbocycles. The Kier molecular flexibility index (Phi) is 7.47. The van der Waals surface area contributed by atoms with Crippen LogP contribution in [-0.4, -0.2) is 51.6 Å². The second-order valence-electron chi connectivity index (χ2n) is 5.39. The van der Waals surface area contributed by atoms with Crippen LogP contribution in [0.4, 0.5) is 0 Å². The fourth-order valence-electron chi connectivity index (χ4n) is 2.26. The van der Waals surface area contributed by atoms with Crippen molar-refractivity contribution in [3.8, 4) is 29.3 Å². The monoisotopic (exact) mass is 385 g/mol. The highest BCUT2D eigenvalue weighted by Crippen LogP contribution is 2.23. The molecule has 1 aromatic heterocycles. The average molecular weight is 385 g/mol. The van der Waals surface area contributed by atoms with Crippen molar-refractivity contribution in [1.82, 2.24) is 19.8 Å². The van der Waals surface area contributed by atoms with Crippen LogP contribution in [0, 0.1) is 22.7 Å². The van der Waals surface area contributed by atoms with Gasteiger partial charge in [-0.1, -0.05) is 11.8 Å². The van der Waals surface area contributed by atoms with E-state index in [4.69, 9.17) is 21.1 Å². The van der Waals surface area contributed by atoms with Gasteiger partial charge in [0.25, 0.3) is 0 Å². The maximum absolute atomic E-state index is 12.4. The molecule has 0 aliphatic heterocycles. The number of hydrogen-bond donors (Lipinski definition) is 1. The van der Waals surface area contributed by atoms with Crippen LogP contribution in [-0.2, 0) is 4.79 Å². The first-order valence-electron chi connectivity index (χ1n) is 8.10. The Labute approximate surface area is 161 Å². The molecule has 1 aromatic carbocycles. The molecule has 10 heteroatoms. The second kappa shape index (κ2) is 10.0. The number of hydrogen-bond acceptors (Lipinski definition) is 8. The molecular formula is C17H19N7O2S. The lowest BCUT2D eigenvalue weighted by Crippen LogP contribution is -2.34. The van der Waals surface area contributed by atoms with Crippen LogP contribution in [0.3, 0.4) is 0 Å².